The van der Waals surface area contributed by atoms with E-state index in [1.54, 1.807) is 12.1 Å². The molecule has 9 nitrogen and oxygen atoms in total. The average molecular weight is 404 g/mol. The van der Waals surface area contributed by atoms with Gasteiger partial charge >= 0.3 is 0 Å². The molecule has 0 bridgehead atoms. The van der Waals surface area contributed by atoms with Crippen LogP contribution in [0.2, 0.25) is 0 Å². The number of hydrogen-bond acceptors (Lipinski definition) is 8. The van der Waals surface area contributed by atoms with Crippen molar-refractivity contribution in [3.8, 4) is 11.9 Å². The number of amides is 2. The molecule has 0 saturated carbocycles. The standard InChI is InChI=1S/C18H20N4O5S/c1-21-9-14(23)22-16(11-4-5-13(27-3)20-8-11)12(7-19)6-18(22,17(21)25)28-15(24)10-26-2/h4-5,8,12,16H,6,9-10H2,1-3H3/t12?,16-,18-/m0/s1. The summed E-state index contributed by atoms with van der Waals surface area (Å²) in [4.78, 5) is 43.8. The van der Waals surface area contributed by atoms with Gasteiger partial charge in [-0.3, -0.25) is 14.4 Å². The van der Waals surface area contributed by atoms with Crippen LogP contribution < -0.4 is 4.74 Å². The van der Waals surface area contributed by atoms with Gasteiger partial charge in [0.2, 0.25) is 16.9 Å². The Morgan fingerprint density at radius 1 is 1.43 bits per heavy atom. The van der Waals surface area contributed by atoms with Gasteiger partial charge in [-0.25, -0.2) is 4.98 Å². The highest BCUT2D eigenvalue weighted by atomic mass is 32.2. The van der Waals surface area contributed by atoms with Crippen molar-refractivity contribution in [2.75, 3.05) is 34.4 Å². The van der Waals surface area contributed by atoms with Gasteiger partial charge in [-0.05, 0) is 17.3 Å². The molecule has 0 aliphatic carbocycles. The molecule has 148 valence electrons. The van der Waals surface area contributed by atoms with Crippen LogP contribution in [0.4, 0.5) is 0 Å². The lowest BCUT2D eigenvalue weighted by Gasteiger charge is -2.45. The first-order chi connectivity index (χ1) is 13.4. The molecule has 1 aromatic heterocycles. The fourth-order valence-corrected chi connectivity index (χ4v) is 5.14. The summed E-state index contributed by atoms with van der Waals surface area (Å²) in [6, 6.07) is 4.87. The summed E-state index contributed by atoms with van der Waals surface area (Å²) in [6.45, 7) is -0.310. The Hall–Kier alpha value is -2.64. The lowest BCUT2D eigenvalue weighted by molar-refractivity contribution is -0.156. The molecule has 0 aromatic carbocycles. The molecule has 3 heterocycles. The number of carbonyl (C=O) groups is 3. The lowest BCUT2D eigenvalue weighted by Crippen LogP contribution is -2.63. The average Bonchev–Trinajstić information content (AvgIpc) is 3.02. The maximum Gasteiger partial charge on any atom is 0.259 e. The monoisotopic (exact) mass is 404 g/mol. The first kappa shape index (κ1) is 20.1. The van der Waals surface area contributed by atoms with Gasteiger partial charge in [0.05, 0.1) is 31.7 Å². The van der Waals surface area contributed by atoms with E-state index in [4.69, 9.17) is 9.47 Å². The SMILES string of the molecule is COCC(=O)S[C@]12CC(C#N)[C@H](c3ccc(OC)nc3)N1C(=O)CN(C)C2=O. The van der Waals surface area contributed by atoms with Crippen LogP contribution in [0, 0.1) is 17.2 Å². The Morgan fingerprint density at radius 3 is 2.75 bits per heavy atom. The smallest absolute Gasteiger partial charge is 0.259 e. The number of carbonyl (C=O) groups excluding carboxylic acids is 3. The molecule has 0 spiro atoms. The van der Waals surface area contributed by atoms with Gasteiger partial charge in [0.1, 0.15) is 6.61 Å². The van der Waals surface area contributed by atoms with Crippen LogP contribution in [-0.2, 0) is 19.1 Å². The second kappa shape index (κ2) is 7.77. The predicted molar refractivity (Wildman–Crippen MR) is 98.9 cm³/mol. The molecule has 10 heteroatoms. The number of ether oxygens (including phenoxy) is 2. The quantitative estimate of drug-likeness (QED) is 0.700. The fraction of sp³-hybridized carbons (Fsp3) is 0.500. The largest absolute Gasteiger partial charge is 0.481 e. The zero-order valence-corrected chi connectivity index (χ0v) is 16.6. The Labute approximate surface area is 166 Å². The number of aromatic nitrogens is 1. The summed E-state index contributed by atoms with van der Waals surface area (Å²) in [7, 11) is 4.39. The highest BCUT2D eigenvalue weighted by Crippen LogP contribution is 2.54. The second-order valence-electron chi connectivity index (χ2n) is 6.63. The second-order valence-corrected chi connectivity index (χ2v) is 7.97. The number of fused-ring (bicyclic) bond motifs is 1. The number of nitriles is 1. The number of likely N-dealkylation sites (N-methyl/N-ethyl adjacent to an activating group) is 1. The number of hydrogen-bond donors (Lipinski definition) is 0. The minimum Gasteiger partial charge on any atom is -0.481 e. The molecule has 0 radical (unpaired) electrons. The van der Waals surface area contributed by atoms with E-state index in [-0.39, 0.29) is 36.5 Å². The number of piperazine rings is 1. The predicted octanol–water partition coefficient (Wildman–Crippen LogP) is 0.578. The van der Waals surface area contributed by atoms with E-state index in [0.717, 1.165) is 11.8 Å². The van der Waals surface area contributed by atoms with Gasteiger partial charge in [0.15, 0.2) is 4.87 Å². The van der Waals surface area contributed by atoms with E-state index in [2.05, 4.69) is 11.1 Å². The minimum atomic E-state index is -1.47. The molecular formula is C18H20N4O5S. The van der Waals surface area contributed by atoms with Crippen LogP contribution in [0.5, 0.6) is 5.88 Å². The number of methoxy groups -OCH3 is 2. The molecule has 1 aromatic rings. The van der Waals surface area contributed by atoms with Crippen molar-refractivity contribution in [1.82, 2.24) is 14.8 Å². The zero-order valence-electron chi connectivity index (χ0n) is 15.7. The van der Waals surface area contributed by atoms with Crippen LogP contribution in [-0.4, -0.2) is 71.0 Å². The van der Waals surface area contributed by atoms with Crippen molar-refractivity contribution in [3.05, 3.63) is 23.9 Å². The van der Waals surface area contributed by atoms with Crippen molar-refractivity contribution in [2.45, 2.75) is 17.3 Å². The van der Waals surface area contributed by atoms with Crippen LogP contribution >= 0.6 is 11.8 Å². The van der Waals surface area contributed by atoms with Crippen molar-refractivity contribution in [2.24, 2.45) is 5.92 Å². The minimum absolute atomic E-state index is 0.0508. The highest BCUT2D eigenvalue weighted by molar-refractivity contribution is 8.15. The summed E-state index contributed by atoms with van der Waals surface area (Å²) >= 11 is 0.758. The topological polar surface area (TPSA) is 113 Å². The maximum atomic E-state index is 13.1. The lowest BCUT2D eigenvalue weighted by atomic mass is 9.95. The molecule has 28 heavy (non-hydrogen) atoms. The van der Waals surface area contributed by atoms with E-state index < -0.39 is 16.8 Å². The highest BCUT2D eigenvalue weighted by Gasteiger charge is 2.63. The first-order valence-corrected chi connectivity index (χ1v) is 9.37. The molecule has 3 atom stereocenters. The Morgan fingerprint density at radius 2 is 2.18 bits per heavy atom. The third-order valence-corrected chi connectivity index (χ3v) is 6.11. The molecule has 2 fully saturated rings. The molecule has 2 aliphatic heterocycles. The molecule has 2 amide bonds. The first-order valence-electron chi connectivity index (χ1n) is 8.56. The number of thioether (sulfide) groups is 1. The number of nitrogens with zero attached hydrogens (tertiary/aromatic N) is 4. The molecule has 1 unspecified atom stereocenters. The van der Waals surface area contributed by atoms with Crippen LogP contribution in [0.15, 0.2) is 18.3 Å². The van der Waals surface area contributed by atoms with Crippen LogP contribution in [0.25, 0.3) is 0 Å². The summed E-state index contributed by atoms with van der Waals surface area (Å²) in [5.74, 6) is -0.964. The third-order valence-electron chi connectivity index (χ3n) is 4.89. The number of pyridine rings is 1. The molecule has 2 aliphatic rings. The van der Waals surface area contributed by atoms with Crippen molar-refractivity contribution in [1.29, 1.82) is 5.26 Å². The summed E-state index contributed by atoms with van der Waals surface area (Å²) in [5.41, 5.74) is 0.611. The summed E-state index contributed by atoms with van der Waals surface area (Å²) in [6.07, 6.45) is 1.58. The van der Waals surface area contributed by atoms with E-state index >= 15 is 0 Å². The van der Waals surface area contributed by atoms with E-state index in [1.165, 1.54) is 37.3 Å². The fourth-order valence-electron chi connectivity index (χ4n) is 3.76. The van der Waals surface area contributed by atoms with E-state index in [9.17, 15) is 19.6 Å². The Balaban J connectivity index is 2.09. The van der Waals surface area contributed by atoms with Crippen molar-refractivity contribution in [3.63, 3.8) is 0 Å². The molecule has 3 rings (SSSR count). The molecule has 2 saturated heterocycles. The summed E-state index contributed by atoms with van der Waals surface area (Å²) in [5, 5.41) is 9.38. The van der Waals surface area contributed by atoms with E-state index in [1.807, 2.05) is 0 Å². The molecular weight excluding hydrogens is 384 g/mol. The Bertz CT molecular complexity index is 839. The van der Waals surface area contributed by atoms with Gasteiger partial charge < -0.3 is 19.3 Å². The summed E-state index contributed by atoms with van der Waals surface area (Å²) < 4.78 is 9.94. The normalized spacial score (nSPS) is 26.8. The van der Waals surface area contributed by atoms with Crippen LogP contribution in [0.3, 0.4) is 0 Å². The van der Waals surface area contributed by atoms with Gasteiger partial charge in [0.25, 0.3) is 5.91 Å². The molecule has 0 N–H and O–H groups in total. The van der Waals surface area contributed by atoms with Gasteiger partial charge in [0, 0.05) is 32.8 Å². The van der Waals surface area contributed by atoms with Gasteiger partial charge in [-0.2, -0.15) is 5.26 Å². The van der Waals surface area contributed by atoms with Gasteiger partial charge in [-0.15, -0.1) is 0 Å². The van der Waals surface area contributed by atoms with Gasteiger partial charge in [-0.1, -0.05) is 6.07 Å². The maximum absolute atomic E-state index is 13.1. The zero-order chi connectivity index (χ0) is 20.5. The number of rotatable bonds is 5. The van der Waals surface area contributed by atoms with Crippen LogP contribution in [0.1, 0.15) is 18.0 Å². The van der Waals surface area contributed by atoms with Crippen molar-refractivity contribution < 1.29 is 23.9 Å². The Kier molecular flexibility index (Phi) is 5.58. The van der Waals surface area contributed by atoms with Crippen molar-refractivity contribution >= 4 is 28.7 Å². The van der Waals surface area contributed by atoms with E-state index in [0.29, 0.717) is 11.4 Å². The third kappa shape index (κ3) is 3.21.